The van der Waals surface area contributed by atoms with Crippen molar-refractivity contribution in [3.8, 4) is 22.6 Å². The molecule has 7 nitrogen and oxygen atoms in total. The quantitative estimate of drug-likeness (QED) is 0.490. The predicted molar refractivity (Wildman–Crippen MR) is 112 cm³/mol. The van der Waals surface area contributed by atoms with Gasteiger partial charge in [-0.3, -0.25) is 9.36 Å². The van der Waals surface area contributed by atoms with Crippen LogP contribution in [-0.4, -0.2) is 30.2 Å². The molecule has 0 unspecified atom stereocenters. The van der Waals surface area contributed by atoms with Crippen molar-refractivity contribution < 1.29 is 4.79 Å². The first kappa shape index (κ1) is 17.0. The van der Waals surface area contributed by atoms with E-state index >= 15 is 0 Å². The van der Waals surface area contributed by atoms with Crippen LogP contribution in [0.5, 0.6) is 0 Å². The molecule has 0 aliphatic rings. The fourth-order valence-corrected chi connectivity index (χ4v) is 3.46. The number of H-pyrrole nitrogens is 1. The first-order chi connectivity index (χ1) is 14.2. The molecule has 0 saturated heterocycles. The highest BCUT2D eigenvalue weighted by molar-refractivity contribution is 5.90. The summed E-state index contributed by atoms with van der Waals surface area (Å²) in [6, 6.07) is 17.9. The maximum absolute atomic E-state index is 11.6. The van der Waals surface area contributed by atoms with Crippen LogP contribution in [-0.2, 0) is 4.79 Å². The van der Waals surface area contributed by atoms with Crippen LogP contribution < -0.4 is 5.32 Å². The van der Waals surface area contributed by atoms with Crippen LogP contribution >= 0.6 is 0 Å². The SMILES string of the molecule is CC(=O)Nc1cc(-n2cccn2)cc(-n2cnc3cc(-c4ccc[nH]4)ccc32)c1. The summed E-state index contributed by atoms with van der Waals surface area (Å²) >= 11 is 0. The molecule has 5 rings (SSSR count). The zero-order chi connectivity index (χ0) is 19.8. The number of aromatic amines is 1. The van der Waals surface area contributed by atoms with Gasteiger partial charge in [-0.1, -0.05) is 6.07 Å². The number of fused-ring (bicyclic) bond motifs is 1. The van der Waals surface area contributed by atoms with Gasteiger partial charge in [0.05, 0.1) is 22.4 Å². The number of nitrogens with zero attached hydrogens (tertiary/aromatic N) is 4. The molecule has 0 fully saturated rings. The molecular weight excluding hydrogens is 364 g/mol. The van der Waals surface area contributed by atoms with Gasteiger partial charge in [0.2, 0.25) is 5.91 Å². The molecule has 2 aromatic carbocycles. The van der Waals surface area contributed by atoms with Crippen molar-refractivity contribution in [1.82, 2.24) is 24.3 Å². The maximum atomic E-state index is 11.6. The van der Waals surface area contributed by atoms with Crippen molar-refractivity contribution in [2.75, 3.05) is 5.32 Å². The number of imidazole rings is 1. The van der Waals surface area contributed by atoms with E-state index < -0.39 is 0 Å². The topological polar surface area (TPSA) is 80.5 Å². The minimum absolute atomic E-state index is 0.125. The molecule has 7 heteroatoms. The zero-order valence-electron chi connectivity index (χ0n) is 15.7. The molecule has 0 aliphatic heterocycles. The molecular formula is C22H18N6O. The fraction of sp³-hybridized carbons (Fsp3) is 0.0455. The second-order valence-electron chi connectivity index (χ2n) is 6.77. The molecule has 0 bridgehead atoms. The number of hydrogen-bond donors (Lipinski definition) is 2. The molecule has 3 heterocycles. The summed E-state index contributed by atoms with van der Waals surface area (Å²) < 4.78 is 3.77. The lowest BCUT2D eigenvalue weighted by atomic mass is 10.1. The van der Waals surface area contributed by atoms with Crippen LogP contribution in [0.3, 0.4) is 0 Å². The molecule has 0 radical (unpaired) electrons. The molecule has 0 aliphatic carbocycles. The maximum Gasteiger partial charge on any atom is 0.221 e. The molecule has 2 N–H and O–H groups in total. The van der Waals surface area contributed by atoms with Crippen LogP contribution in [0, 0.1) is 0 Å². The van der Waals surface area contributed by atoms with Crippen molar-refractivity contribution in [1.29, 1.82) is 0 Å². The Bertz CT molecular complexity index is 1300. The Balaban J connectivity index is 1.63. The average Bonchev–Trinajstić information content (AvgIpc) is 3.48. The van der Waals surface area contributed by atoms with Gasteiger partial charge in [-0.05, 0) is 48.5 Å². The smallest absolute Gasteiger partial charge is 0.221 e. The third-order valence-corrected chi connectivity index (χ3v) is 4.73. The summed E-state index contributed by atoms with van der Waals surface area (Å²) in [5, 5.41) is 7.17. The molecule has 3 aromatic heterocycles. The normalized spacial score (nSPS) is 11.1. The van der Waals surface area contributed by atoms with E-state index in [1.54, 1.807) is 17.2 Å². The Morgan fingerprint density at radius 2 is 1.97 bits per heavy atom. The molecule has 5 aromatic rings. The average molecular weight is 382 g/mol. The van der Waals surface area contributed by atoms with E-state index in [0.717, 1.165) is 33.7 Å². The first-order valence-electron chi connectivity index (χ1n) is 9.21. The molecule has 1 amide bonds. The lowest BCUT2D eigenvalue weighted by molar-refractivity contribution is -0.114. The van der Waals surface area contributed by atoms with Gasteiger partial charge < -0.3 is 10.3 Å². The van der Waals surface area contributed by atoms with Crippen LogP contribution in [0.1, 0.15) is 6.92 Å². The van der Waals surface area contributed by atoms with Crippen molar-refractivity contribution in [3.05, 3.63) is 79.5 Å². The van der Waals surface area contributed by atoms with Crippen LogP contribution in [0.2, 0.25) is 0 Å². The lowest BCUT2D eigenvalue weighted by Gasteiger charge is -2.12. The van der Waals surface area contributed by atoms with Crippen LogP contribution in [0.4, 0.5) is 5.69 Å². The van der Waals surface area contributed by atoms with Crippen LogP contribution in [0.15, 0.2) is 79.5 Å². The highest BCUT2D eigenvalue weighted by Gasteiger charge is 2.11. The second kappa shape index (κ2) is 6.79. The number of anilines is 1. The summed E-state index contributed by atoms with van der Waals surface area (Å²) in [7, 11) is 0. The van der Waals surface area contributed by atoms with Gasteiger partial charge >= 0.3 is 0 Å². The molecule has 0 spiro atoms. The van der Waals surface area contributed by atoms with E-state index in [9.17, 15) is 4.79 Å². The summed E-state index contributed by atoms with van der Waals surface area (Å²) in [5.41, 5.74) is 6.43. The van der Waals surface area contributed by atoms with E-state index in [0.29, 0.717) is 5.69 Å². The standard InChI is InChI=1S/C22H18N6O/c1-15(29)26-17-11-18(13-19(12-17)28-9-3-8-25-28)27-14-24-21-10-16(5-6-22(21)27)20-4-2-7-23-20/h2-14,23H,1H3,(H,26,29). The van der Waals surface area contributed by atoms with Crippen molar-refractivity contribution in [2.45, 2.75) is 6.92 Å². The molecule has 0 atom stereocenters. The highest BCUT2D eigenvalue weighted by Crippen LogP contribution is 2.27. The summed E-state index contributed by atoms with van der Waals surface area (Å²) in [6.45, 7) is 1.50. The van der Waals surface area contributed by atoms with Crippen molar-refractivity contribution in [2.24, 2.45) is 0 Å². The van der Waals surface area contributed by atoms with Gasteiger partial charge in [0, 0.05) is 42.5 Å². The largest absolute Gasteiger partial charge is 0.361 e. The van der Waals surface area contributed by atoms with E-state index in [1.165, 1.54) is 6.92 Å². The van der Waals surface area contributed by atoms with Crippen molar-refractivity contribution >= 4 is 22.6 Å². The van der Waals surface area contributed by atoms with Gasteiger partial charge in [0.15, 0.2) is 0 Å². The van der Waals surface area contributed by atoms with E-state index in [1.807, 2.05) is 53.4 Å². The Morgan fingerprint density at radius 3 is 2.72 bits per heavy atom. The third-order valence-electron chi connectivity index (χ3n) is 4.73. The Labute approximate surface area is 166 Å². The number of nitrogens with one attached hydrogen (secondary N) is 2. The fourth-order valence-electron chi connectivity index (χ4n) is 3.46. The van der Waals surface area contributed by atoms with Crippen molar-refractivity contribution in [3.63, 3.8) is 0 Å². The number of benzene rings is 2. The lowest BCUT2D eigenvalue weighted by Crippen LogP contribution is -2.08. The molecule has 0 saturated carbocycles. The summed E-state index contributed by atoms with van der Waals surface area (Å²) in [5.74, 6) is -0.125. The number of carbonyl (C=O) groups is 1. The monoisotopic (exact) mass is 382 g/mol. The second-order valence-corrected chi connectivity index (χ2v) is 6.77. The number of aromatic nitrogens is 5. The third kappa shape index (κ3) is 3.19. The summed E-state index contributed by atoms with van der Waals surface area (Å²) in [4.78, 5) is 19.4. The Hall–Kier alpha value is -4.13. The Morgan fingerprint density at radius 1 is 1.07 bits per heavy atom. The van der Waals surface area contributed by atoms with Gasteiger partial charge in [-0.15, -0.1) is 0 Å². The number of amides is 1. The minimum atomic E-state index is -0.125. The number of hydrogen-bond acceptors (Lipinski definition) is 3. The van der Waals surface area contributed by atoms with Gasteiger partial charge in [0.1, 0.15) is 6.33 Å². The van der Waals surface area contributed by atoms with E-state index in [4.69, 9.17) is 0 Å². The molecule has 29 heavy (non-hydrogen) atoms. The predicted octanol–water partition coefficient (Wildman–Crippen LogP) is 4.16. The number of carbonyl (C=O) groups excluding carboxylic acids is 1. The van der Waals surface area contributed by atoms with Gasteiger partial charge in [-0.25, -0.2) is 9.67 Å². The van der Waals surface area contributed by atoms with E-state index in [2.05, 4.69) is 38.6 Å². The highest BCUT2D eigenvalue weighted by atomic mass is 16.1. The summed E-state index contributed by atoms with van der Waals surface area (Å²) in [6.07, 6.45) is 7.29. The Kier molecular flexibility index (Phi) is 3.98. The first-order valence-corrected chi connectivity index (χ1v) is 9.21. The molecule has 142 valence electrons. The minimum Gasteiger partial charge on any atom is -0.361 e. The van der Waals surface area contributed by atoms with E-state index in [-0.39, 0.29) is 5.91 Å². The van der Waals surface area contributed by atoms with Crippen LogP contribution in [0.25, 0.3) is 33.7 Å². The van der Waals surface area contributed by atoms with Gasteiger partial charge in [-0.2, -0.15) is 5.10 Å². The van der Waals surface area contributed by atoms with Gasteiger partial charge in [0.25, 0.3) is 0 Å². The zero-order valence-corrected chi connectivity index (χ0v) is 15.7. The number of rotatable bonds is 4.